The average molecular weight is 453 g/mol. The Hall–Kier alpha value is -3.81. The zero-order valence-corrected chi connectivity index (χ0v) is 18.8. The summed E-state index contributed by atoms with van der Waals surface area (Å²) < 4.78 is 16.6. The molecule has 8 heteroatoms. The van der Waals surface area contributed by atoms with Crippen LogP contribution in [0.3, 0.4) is 0 Å². The third kappa shape index (κ3) is 7.10. The number of hydrogen-bond donors (Lipinski definition) is 2. The Balaban J connectivity index is 1.64. The van der Waals surface area contributed by atoms with E-state index in [9.17, 15) is 9.59 Å². The lowest BCUT2D eigenvalue weighted by molar-refractivity contribution is -0.136. The minimum atomic E-state index is -0.877. The molecule has 3 rings (SSSR count). The standard InChI is InChI=1S/C25H28N2O6/c1-3-31-25(30)26-16-20-15-21(11-9-18(20)10-12-23(28)29)32-14-13-22-17(2)33-24(27-22)19-7-5-4-6-8-19/h4-9,11,15H,3,10,12-14,16H2,1-2H3,(H,26,30)(H,28,29). The van der Waals surface area contributed by atoms with Crippen molar-refractivity contribution >= 4 is 12.1 Å². The minimum Gasteiger partial charge on any atom is -0.493 e. The Kier molecular flexibility index (Phi) is 8.46. The van der Waals surface area contributed by atoms with Crippen LogP contribution < -0.4 is 10.1 Å². The summed E-state index contributed by atoms with van der Waals surface area (Å²) in [5.41, 5.74) is 3.37. The van der Waals surface area contributed by atoms with E-state index in [2.05, 4.69) is 10.3 Å². The largest absolute Gasteiger partial charge is 0.493 e. The quantitative estimate of drug-likeness (QED) is 0.439. The van der Waals surface area contributed by atoms with Crippen molar-refractivity contribution in [3.05, 3.63) is 71.1 Å². The maximum Gasteiger partial charge on any atom is 0.407 e. The number of carbonyl (C=O) groups is 2. The molecule has 0 saturated heterocycles. The number of hydrogen-bond acceptors (Lipinski definition) is 6. The molecule has 174 valence electrons. The molecule has 1 heterocycles. The van der Waals surface area contributed by atoms with E-state index < -0.39 is 12.1 Å². The monoisotopic (exact) mass is 452 g/mol. The molecule has 1 aromatic heterocycles. The van der Waals surface area contributed by atoms with E-state index in [1.165, 1.54) is 0 Å². The van der Waals surface area contributed by atoms with E-state index in [1.807, 2.05) is 49.4 Å². The fraction of sp³-hybridized carbons (Fsp3) is 0.320. The number of aliphatic carboxylic acids is 1. The molecule has 0 saturated carbocycles. The van der Waals surface area contributed by atoms with Gasteiger partial charge in [-0.1, -0.05) is 24.3 Å². The molecule has 0 spiro atoms. The van der Waals surface area contributed by atoms with E-state index in [0.29, 0.717) is 31.1 Å². The number of nitrogens with zero attached hydrogens (tertiary/aromatic N) is 1. The van der Waals surface area contributed by atoms with Crippen LogP contribution in [0.1, 0.15) is 35.9 Å². The number of carbonyl (C=O) groups excluding carboxylic acids is 1. The zero-order valence-electron chi connectivity index (χ0n) is 18.8. The van der Waals surface area contributed by atoms with Crippen LogP contribution in [-0.2, 0) is 28.9 Å². The highest BCUT2D eigenvalue weighted by atomic mass is 16.5. The van der Waals surface area contributed by atoms with E-state index in [0.717, 1.165) is 28.1 Å². The number of aryl methyl sites for hydroxylation is 2. The van der Waals surface area contributed by atoms with Gasteiger partial charge in [0.25, 0.3) is 0 Å². The number of carboxylic acid groups (broad SMARTS) is 1. The summed E-state index contributed by atoms with van der Waals surface area (Å²) in [6.07, 6.45) is 0.403. The highest BCUT2D eigenvalue weighted by Crippen LogP contribution is 2.23. The predicted octanol–water partition coefficient (Wildman–Crippen LogP) is 4.53. The van der Waals surface area contributed by atoms with Crippen molar-refractivity contribution < 1.29 is 28.6 Å². The number of alkyl carbamates (subject to hydrolysis) is 1. The third-order valence-electron chi connectivity index (χ3n) is 5.01. The minimum absolute atomic E-state index is 0.00178. The van der Waals surface area contributed by atoms with Crippen molar-refractivity contribution in [1.82, 2.24) is 10.3 Å². The molecular weight excluding hydrogens is 424 g/mol. The lowest BCUT2D eigenvalue weighted by Crippen LogP contribution is -2.24. The first-order valence-electron chi connectivity index (χ1n) is 10.8. The summed E-state index contributed by atoms with van der Waals surface area (Å²) in [6.45, 7) is 4.49. The molecule has 0 atom stereocenters. The molecule has 2 N–H and O–H groups in total. The maximum atomic E-state index is 11.7. The van der Waals surface area contributed by atoms with Gasteiger partial charge in [-0.15, -0.1) is 0 Å². The molecule has 0 aliphatic rings. The van der Waals surface area contributed by atoms with E-state index in [-0.39, 0.29) is 19.6 Å². The summed E-state index contributed by atoms with van der Waals surface area (Å²) in [4.78, 5) is 27.2. The maximum absolute atomic E-state index is 11.7. The second-order valence-electron chi connectivity index (χ2n) is 7.38. The smallest absolute Gasteiger partial charge is 0.407 e. The van der Waals surface area contributed by atoms with Crippen LogP contribution in [0.5, 0.6) is 5.75 Å². The molecule has 1 amide bonds. The van der Waals surface area contributed by atoms with Crippen LogP contribution in [0.2, 0.25) is 0 Å². The molecule has 0 radical (unpaired) electrons. The average Bonchev–Trinajstić information content (AvgIpc) is 3.18. The SMILES string of the molecule is CCOC(=O)NCc1cc(OCCc2nc(-c3ccccc3)oc2C)ccc1CCC(=O)O. The van der Waals surface area contributed by atoms with Gasteiger partial charge < -0.3 is 24.3 Å². The van der Waals surface area contributed by atoms with Crippen molar-refractivity contribution in [1.29, 1.82) is 0 Å². The molecular formula is C25H28N2O6. The Morgan fingerprint density at radius 1 is 1.09 bits per heavy atom. The highest BCUT2D eigenvalue weighted by molar-refractivity contribution is 5.68. The fourth-order valence-electron chi connectivity index (χ4n) is 3.32. The second-order valence-corrected chi connectivity index (χ2v) is 7.38. The number of ether oxygens (including phenoxy) is 2. The number of amides is 1. The molecule has 0 aliphatic heterocycles. The third-order valence-corrected chi connectivity index (χ3v) is 5.01. The summed E-state index contributed by atoms with van der Waals surface area (Å²) in [7, 11) is 0. The van der Waals surface area contributed by atoms with Crippen LogP contribution in [0.15, 0.2) is 52.9 Å². The van der Waals surface area contributed by atoms with E-state index >= 15 is 0 Å². The molecule has 33 heavy (non-hydrogen) atoms. The van der Waals surface area contributed by atoms with Crippen LogP contribution in [0, 0.1) is 6.92 Å². The van der Waals surface area contributed by atoms with Gasteiger partial charge in [-0.25, -0.2) is 9.78 Å². The van der Waals surface area contributed by atoms with Crippen molar-refractivity contribution in [3.8, 4) is 17.2 Å². The Morgan fingerprint density at radius 2 is 1.88 bits per heavy atom. The first-order valence-corrected chi connectivity index (χ1v) is 10.8. The normalized spacial score (nSPS) is 10.6. The number of oxazole rings is 1. The van der Waals surface area contributed by atoms with Crippen molar-refractivity contribution in [3.63, 3.8) is 0 Å². The molecule has 3 aromatic rings. The van der Waals surface area contributed by atoms with Crippen LogP contribution in [-0.4, -0.2) is 35.4 Å². The van der Waals surface area contributed by atoms with Gasteiger partial charge in [0.15, 0.2) is 0 Å². The van der Waals surface area contributed by atoms with Gasteiger partial charge in [0.2, 0.25) is 5.89 Å². The lowest BCUT2D eigenvalue weighted by atomic mass is 10.0. The van der Waals surface area contributed by atoms with Crippen LogP contribution in [0.25, 0.3) is 11.5 Å². The van der Waals surface area contributed by atoms with Gasteiger partial charge in [-0.05, 0) is 55.7 Å². The van der Waals surface area contributed by atoms with Crippen molar-refractivity contribution in [2.45, 2.75) is 39.7 Å². The number of rotatable bonds is 11. The summed E-state index contributed by atoms with van der Waals surface area (Å²) >= 11 is 0. The Labute approximate surface area is 192 Å². The predicted molar refractivity (Wildman–Crippen MR) is 122 cm³/mol. The van der Waals surface area contributed by atoms with Gasteiger partial charge in [0, 0.05) is 24.9 Å². The molecule has 8 nitrogen and oxygen atoms in total. The molecule has 0 fully saturated rings. The summed E-state index contributed by atoms with van der Waals surface area (Å²) in [5, 5.41) is 11.7. The lowest BCUT2D eigenvalue weighted by Gasteiger charge is -2.13. The Morgan fingerprint density at radius 3 is 2.61 bits per heavy atom. The zero-order chi connectivity index (χ0) is 23.6. The summed E-state index contributed by atoms with van der Waals surface area (Å²) in [5.74, 6) is 1.08. The molecule has 0 aliphatic carbocycles. The van der Waals surface area contributed by atoms with Gasteiger partial charge >= 0.3 is 12.1 Å². The van der Waals surface area contributed by atoms with E-state index in [1.54, 1.807) is 13.0 Å². The van der Waals surface area contributed by atoms with Crippen molar-refractivity contribution in [2.75, 3.05) is 13.2 Å². The van der Waals surface area contributed by atoms with Gasteiger partial charge in [-0.3, -0.25) is 4.79 Å². The number of nitrogens with one attached hydrogen (secondary N) is 1. The first kappa shape index (κ1) is 23.8. The number of carboxylic acids is 1. The molecule has 0 unspecified atom stereocenters. The molecule has 2 aromatic carbocycles. The van der Waals surface area contributed by atoms with Crippen LogP contribution in [0.4, 0.5) is 4.79 Å². The Bertz CT molecular complexity index is 1080. The number of aromatic nitrogens is 1. The topological polar surface area (TPSA) is 111 Å². The molecule has 0 bridgehead atoms. The summed E-state index contributed by atoms with van der Waals surface area (Å²) in [6, 6.07) is 15.2. The van der Waals surface area contributed by atoms with Gasteiger partial charge in [0.1, 0.15) is 11.5 Å². The van der Waals surface area contributed by atoms with Crippen molar-refractivity contribution in [2.24, 2.45) is 0 Å². The van der Waals surface area contributed by atoms with Gasteiger partial charge in [0.05, 0.1) is 18.9 Å². The second kappa shape index (κ2) is 11.7. The first-order chi connectivity index (χ1) is 16.0. The highest BCUT2D eigenvalue weighted by Gasteiger charge is 2.13. The van der Waals surface area contributed by atoms with Crippen LogP contribution >= 0.6 is 0 Å². The van der Waals surface area contributed by atoms with Gasteiger partial charge in [-0.2, -0.15) is 0 Å². The number of benzene rings is 2. The van der Waals surface area contributed by atoms with E-state index in [4.69, 9.17) is 19.0 Å². The fourth-order valence-corrected chi connectivity index (χ4v) is 3.32.